The van der Waals surface area contributed by atoms with Crippen LogP contribution in [0.3, 0.4) is 0 Å². The first-order valence-electron chi connectivity index (χ1n) is 45.1. The number of ether oxygens (including phenoxy) is 3. The third-order valence-corrected chi connectivity index (χ3v) is 29.7. The van der Waals surface area contributed by atoms with Crippen molar-refractivity contribution in [2.75, 3.05) is 102 Å². The van der Waals surface area contributed by atoms with Crippen molar-refractivity contribution in [3.8, 4) is 5.75 Å². The first kappa shape index (κ1) is 105. The Morgan fingerprint density at radius 3 is 2.12 bits per heavy atom. The smallest absolute Gasteiger partial charge is 0.426 e. The van der Waals surface area contributed by atoms with Gasteiger partial charge in [0.15, 0.2) is 28.5 Å². The molecule has 3 fully saturated rings. The number of aromatic amines is 1. The summed E-state index contributed by atoms with van der Waals surface area (Å²) >= 11 is 0. The maximum atomic E-state index is 15.5. The normalized spacial score (nSPS) is 23.8. The Morgan fingerprint density at radius 1 is 0.766 bits per heavy atom. The maximum absolute atomic E-state index is 15.5. The molecule has 5 amide bonds. The SMILES string of the molecule is CC[C@]1(O)CC2CN(CCC3=C(Cc4ccccc43)[C@@](C(=O)OC)(c3cc4c(cc3OC)N(C)[C@H]3[C@@](O)(C(=O)NNC(=O)OCCSSC[C@H](CC(=O)[C@@H](C)CC(=O)O)C(=O)O)[C@H](O)[C@]5(CC)C=CCN6CC[C@]43[C@@H]65)C2)C1.CNC(=O)[C@H](CC(=O)O)CC(=O)[C@H](CCCN=C(N)N)NC(=O)[C@H](CC(=O)O)CC(=O)CC[C@H](NC(=O)c1ccc(NCc2cnc3nc(N)[nH]c(=O)c3n2)cc1)C(=O)O. The summed E-state index contributed by atoms with van der Waals surface area (Å²) in [6.45, 7) is 8.40. The number of aliphatic hydroxyl groups excluding tert-OH is 1. The fraction of sp³-hybridized carbons (Fsp3) is 0.533. The molecule has 43 nitrogen and oxygen atoms in total. The van der Waals surface area contributed by atoms with E-state index in [0.717, 1.165) is 38.6 Å². The molecule has 2 aliphatic carbocycles. The highest BCUT2D eigenvalue weighted by molar-refractivity contribution is 8.76. The van der Waals surface area contributed by atoms with Crippen LogP contribution < -0.4 is 64.5 Å². The van der Waals surface area contributed by atoms with E-state index in [4.69, 9.17) is 36.5 Å². The number of carboxylic acid groups (broad SMARTS) is 5. The number of rotatable bonds is 43. The zero-order valence-electron chi connectivity index (χ0n) is 77.0. The molecule has 137 heavy (non-hydrogen) atoms. The Hall–Kier alpha value is -12.7. The van der Waals surface area contributed by atoms with Crippen molar-refractivity contribution in [1.29, 1.82) is 0 Å². The molecule has 45 heteroatoms. The molecule has 1 spiro atoms. The Morgan fingerprint density at radius 2 is 1.47 bits per heavy atom. The average Bonchev–Trinajstić information content (AvgIpc) is 1.48. The molecule has 7 aliphatic rings. The third kappa shape index (κ3) is 23.3. The number of aliphatic imine (C=N–C) groups is 1. The number of hydrogen-bond donors (Lipinski definition) is 18. The van der Waals surface area contributed by atoms with Gasteiger partial charge in [0.25, 0.3) is 17.4 Å². The fourth-order valence-corrected chi connectivity index (χ4v) is 23.0. The summed E-state index contributed by atoms with van der Waals surface area (Å²) in [5, 5.41) is 95.8. The van der Waals surface area contributed by atoms with Crippen molar-refractivity contribution in [3.05, 3.63) is 128 Å². The van der Waals surface area contributed by atoms with Gasteiger partial charge in [-0.15, -0.1) is 0 Å². The topological polar surface area (TPSA) is 672 Å². The number of benzene rings is 3. The van der Waals surface area contributed by atoms with Gasteiger partial charge in [-0.25, -0.2) is 25.0 Å². The maximum Gasteiger partial charge on any atom is 0.426 e. The number of nitrogen functional groups attached to an aromatic ring is 1. The molecule has 740 valence electrons. The van der Waals surface area contributed by atoms with Crippen molar-refractivity contribution in [1.82, 2.24) is 56.5 Å². The highest BCUT2D eigenvalue weighted by Gasteiger charge is 2.79. The number of carbonyl (C=O) groups is 14. The molecule has 16 atom stereocenters. The molecule has 1 saturated carbocycles. The number of H-pyrrole nitrogens is 1. The summed E-state index contributed by atoms with van der Waals surface area (Å²) in [4.78, 5) is 216. The fourth-order valence-electron chi connectivity index (χ4n) is 20.8. The van der Waals surface area contributed by atoms with E-state index in [-0.39, 0.29) is 85.0 Å². The van der Waals surface area contributed by atoms with E-state index in [9.17, 15) is 98.1 Å². The lowest BCUT2D eigenvalue weighted by atomic mass is 9.47. The summed E-state index contributed by atoms with van der Waals surface area (Å²) in [6, 6.07) is 13.6. The number of amides is 5. The minimum Gasteiger partial charge on any atom is -0.496 e. The number of aromatic nitrogens is 4. The number of carbonyl (C=O) groups excluding carboxylic acids is 9. The van der Waals surface area contributed by atoms with Crippen LogP contribution in [0.2, 0.25) is 0 Å². The number of hydrogen-bond acceptors (Lipinski definition) is 32. The number of ketones is 3. The number of Topliss-reactive ketones (excluding diaryl/α,β-unsaturated/α-hetero) is 3. The molecule has 3 aromatic carbocycles. The van der Waals surface area contributed by atoms with Crippen LogP contribution in [0.15, 0.2) is 94.4 Å². The lowest BCUT2D eigenvalue weighted by Gasteiger charge is -2.63. The second-order valence-corrected chi connectivity index (χ2v) is 38.5. The predicted octanol–water partition coefficient (Wildman–Crippen LogP) is 2.74. The molecule has 12 rings (SSSR count). The van der Waals surface area contributed by atoms with Gasteiger partial charge in [0, 0.05) is 135 Å². The van der Waals surface area contributed by atoms with Crippen molar-refractivity contribution in [2.45, 2.75) is 189 Å². The van der Waals surface area contributed by atoms with Crippen LogP contribution in [0.5, 0.6) is 5.75 Å². The molecule has 5 aliphatic heterocycles. The molecular weight excluding hydrogens is 1820 g/mol. The largest absolute Gasteiger partial charge is 0.496 e. The number of aliphatic hydroxyl groups is 3. The molecule has 21 N–H and O–H groups in total. The molecule has 2 unspecified atom stereocenters. The van der Waals surface area contributed by atoms with Gasteiger partial charge in [-0.2, -0.15) is 4.98 Å². The van der Waals surface area contributed by atoms with Crippen LogP contribution in [0.25, 0.3) is 16.7 Å². The van der Waals surface area contributed by atoms with E-state index in [2.05, 4.69) is 85.0 Å². The van der Waals surface area contributed by atoms with Crippen molar-refractivity contribution in [3.63, 3.8) is 0 Å². The summed E-state index contributed by atoms with van der Waals surface area (Å²) in [7, 11) is 8.37. The highest BCUT2D eigenvalue weighted by Crippen LogP contribution is 2.68. The number of anilines is 3. The number of guanidine groups is 1. The molecule has 2 bridgehead atoms. The van der Waals surface area contributed by atoms with Gasteiger partial charge in [-0.1, -0.05) is 78.8 Å². The second kappa shape index (κ2) is 45.1. The van der Waals surface area contributed by atoms with Crippen LogP contribution >= 0.6 is 21.6 Å². The Balaban J connectivity index is 0.000000272. The number of hydrazine groups is 1. The standard InChI is InChI=1S/C56H73N5O14S2.C36H46N12O12/c1-7-52(71)27-33-28-55(50(69)74-6,38-23-34-12-9-10-13-36(34)37(38)14-18-60(29-33)31-52)40-25-39-41(26-43(40)73-5)59(4)47-54(39)16-19-61-17-11-15-53(8-2,46(54)61)48(67)56(47,72)49(68)57-58-51(70)75-20-21-76-77-30-35(45(65)66)24-42(62)32(3)22-44(63)64;1-40-30(55)19(14-27(53)54)12-25(50)23(3-2-10-41-35(37)38)45-32(57)18(13-26(51)52)11-22(49)8-9-24(34(59)60)46-31(56)17-4-6-20(7-5-17)42-15-21-16-43-29-28(44-21)33(58)48-36(39)47-29/h9-13,15,25-26,32-33,35,46-48,67,71-72H,7-8,14,16-24,27-31H2,1-6H3,(H,57,68)(H,58,70)(H,63,64)(H,65,66);4-7,16,18-19,23-24,42H,2-3,8-15H2,1H3,(H,40,55)(H,45,57)(H,46,56)(H,51,52)(H,53,54)(H,59,60)(H4,37,38,41)(H3,39,43,47,48,58)/t32-,33?,35-,46-,47+,48+,52-,53+,54+,55+,56-;18-,19-,23-,24-/m00/s1. The van der Waals surface area contributed by atoms with Gasteiger partial charge in [0.1, 0.15) is 41.5 Å². The zero-order chi connectivity index (χ0) is 99.9. The van der Waals surface area contributed by atoms with Gasteiger partial charge in [0.2, 0.25) is 17.8 Å². The van der Waals surface area contributed by atoms with Crippen LogP contribution in [0.4, 0.5) is 22.1 Å². The molecule has 2 aromatic heterocycles. The average molecular weight is 1940 g/mol. The van der Waals surface area contributed by atoms with Gasteiger partial charge in [-0.3, -0.25) is 87.5 Å². The second-order valence-electron chi connectivity index (χ2n) is 35.9. The predicted molar refractivity (Wildman–Crippen MR) is 500 cm³/mol. The summed E-state index contributed by atoms with van der Waals surface area (Å²) in [6.07, 6.45) is 1.44. The lowest BCUT2D eigenvalue weighted by Crippen LogP contribution is -2.82. The molecule has 0 radical (unpaired) electrons. The zero-order valence-corrected chi connectivity index (χ0v) is 78.6. The van der Waals surface area contributed by atoms with Gasteiger partial charge in [-0.05, 0) is 135 Å². The number of nitrogens with two attached hydrogens (primary N) is 3. The van der Waals surface area contributed by atoms with Crippen LogP contribution in [-0.2, 0) is 90.8 Å². The van der Waals surface area contributed by atoms with Gasteiger partial charge >= 0.3 is 41.9 Å². The highest BCUT2D eigenvalue weighted by atomic mass is 33.1. The number of aliphatic carboxylic acids is 5. The number of likely N-dealkylation sites (N-methyl/N-ethyl adjacent to an activating group) is 1. The lowest BCUT2D eigenvalue weighted by molar-refractivity contribution is -0.204. The number of piperidine rings is 1. The van der Waals surface area contributed by atoms with E-state index >= 15 is 9.59 Å². The molecule has 5 aromatic rings. The van der Waals surface area contributed by atoms with Gasteiger partial charge in [0.05, 0.1) is 87.4 Å². The van der Waals surface area contributed by atoms with Crippen LogP contribution in [-0.4, -0.2) is 287 Å². The Labute approximate surface area is 795 Å². The van der Waals surface area contributed by atoms with Crippen molar-refractivity contribution < 1.29 is 122 Å². The number of methoxy groups -OCH3 is 2. The first-order valence-corrected chi connectivity index (χ1v) is 47.6. The van der Waals surface area contributed by atoms with E-state index in [1.165, 1.54) is 62.3 Å². The first-order chi connectivity index (χ1) is 65.0. The third-order valence-electron chi connectivity index (χ3n) is 27.2. The molecular formula is C92H119N17O26S2. The Bertz CT molecular complexity index is 5600. The van der Waals surface area contributed by atoms with Crippen molar-refractivity contribution in [2.24, 2.45) is 51.5 Å². The minimum atomic E-state index is -2.59. The van der Waals surface area contributed by atoms with E-state index in [1.807, 2.05) is 49.1 Å². The van der Waals surface area contributed by atoms with Gasteiger partial charge < -0.3 is 98.4 Å². The van der Waals surface area contributed by atoms with Crippen molar-refractivity contribution >= 4 is 144 Å². The number of carboxylic acids is 5. The van der Waals surface area contributed by atoms with E-state index < -0.39 is 215 Å². The molecule has 7 heterocycles. The monoisotopic (exact) mass is 1940 g/mol. The number of nitrogens with zero attached hydrogens (tertiary/aromatic N) is 7. The number of fused-ring (bicyclic) bond motifs is 6. The minimum absolute atomic E-state index is 0.00691. The number of esters is 1. The summed E-state index contributed by atoms with van der Waals surface area (Å²) in [5.41, 5.74) is 20.4. The van der Waals surface area contributed by atoms with Crippen LogP contribution in [0, 0.1) is 35.0 Å². The summed E-state index contributed by atoms with van der Waals surface area (Å²) < 4.78 is 17.7. The molecule has 2 saturated heterocycles. The quantitative estimate of drug-likeness (QED) is 0.00507. The van der Waals surface area contributed by atoms with E-state index in [1.54, 1.807) is 14.2 Å². The summed E-state index contributed by atoms with van der Waals surface area (Å²) in [5.74, 6) is -17.1. The Kier molecular flexibility index (Phi) is 34.5. The number of nitrogens with one attached hydrogen (secondary N) is 7. The van der Waals surface area contributed by atoms with E-state index in [0.29, 0.717) is 106 Å². The van der Waals surface area contributed by atoms with Crippen LogP contribution in [0.1, 0.15) is 162 Å².